The summed E-state index contributed by atoms with van der Waals surface area (Å²) in [7, 11) is -0.472. The van der Waals surface area contributed by atoms with E-state index in [0.29, 0.717) is 0 Å². The number of alkyl halides is 1. The predicted molar refractivity (Wildman–Crippen MR) is 54.0 cm³/mol. The van der Waals surface area contributed by atoms with Crippen LogP contribution in [0.5, 0.6) is 0 Å². The Hall–Kier alpha value is 0.320. The van der Waals surface area contributed by atoms with Gasteiger partial charge in [0, 0.05) is 5.88 Å². The fourth-order valence-electron chi connectivity index (χ4n) is 0.771. The summed E-state index contributed by atoms with van der Waals surface area (Å²) in [6, 6.07) is 0. The largest absolute Gasteiger partial charge is 0.381 e. The molecule has 2 N–H and O–H groups in total. The van der Waals surface area contributed by atoms with Crippen LogP contribution in [0.4, 0.5) is 0 Å². The van der Waals surface area contributed by atoms with E-state index in [1.54, 1.807) is 0 Å². The molecular weight excluding hydrogens is 231 g/mol. The molecule has 0 spiro atoms. The standard InChI is InChI=1S/C6H16ClN2O4P/c1-8(5-10)14(12,9(2)6-11)13-4-3-7/h10-11H,3-6H2,1-2H3. The first-order chi connectivity index (χ1) is 6.52. The second kappa shape index (κ2) is 6.74. The summed E-state index contributed by atoms with van der Waals surface area (Å²) in [4.78, 5) is 0. The molecule has 0 aromatic rings. The first-order valence-corrected chi connectivity index (χ1v) is 6.05. The highest BCUT2D eigenvalue weighted by molar-refractivity contribution is 7.53. The van der Waals surface area contributed by atoms with E-state index in [1.165, 1.54) is 14.1 Å². The lowest BCUT2D eigenvalue weighted by Crippen LogP contribution is -2.30. The third kappa shape index (κ3) is 3.47. The summed E-state index contributed by atoms with van der Waals surface area (Å²) < 4.78 is 19.4. The van der Waals surface area contributed by atoms with E-state index < -0.39 is 21.1 Å². The highest BCUT2D eigenvalue weighted by atomic mass is 35.5. The van der Waals surface area contributed by atoms with Crippen LogP contribution in [0.1, 0.15) is 0 Å². The molecule has 14 heavy (non-hydrogen) atoms. The topological polar surface area (TPSA) is 73.2 Å². The van der Waals surface area contributed by atoms with Crippen molar-refractivity contribution in [3.63, 3.8) is 0 Å². The Kier molecular flexibility index (Phi) is 6.89. The van der Waals surface area contributed by atoms with E-state index in [-0.39, 0.29) is 12.5 Å². The number of rotatable bonds is 7. The van der Waals surface area contributed by atoms with Crippen molar-refractivity contribution in [1.29, 1.82) is 0 Å². The van der Waals surface area contributed by atoms with E-state index >= 15 is 0 Å². The maximum absolute atomic E-state index is 12.1. The Morgan fingerprint density at radius 3 is 2.00 bits per heavy atom. The lowest BCUT2D eigenvalue weighted by molar-refractivity contribution is 0.124. The van der Waals surface area contributed by atoms with Gasteiger partial charge in [0.05, 0.1) is 6.61 Å². The molecule has 0 bridgehead atoms. The van der Waals surface area contributed by atoms with E-state index in [2.05, 4.69) is 0 Å². The molecule has 86 valence electrons. The van der Waals surface area contributed by atoms with Gasteiger partial charge in [0.15, 0.2) is 0 Å². The smallest absolute Gasteiger partial charge is 0.349 e. The van der Waals surface area contributed by atoms with Crippen LogP contribution >= 0.6 is 19.3 Å². The maximum atomic E-state index is 12.1. The van der Waals surface area contributed by atoms with Gasteiger partial charge in [-0.1, -0.05) is 0 Å². The SMILES string of the molecule is CN(CO)P(=O)(OCCCl)N(C)CO. The van der Waals surface area contributed by atoms with Crippen LogP contribution < -0.4 is 0 Å². The molecule has 0 aromatic heterocycles. The van der Waals surface area contributed by atoms with E-state index in [9.17, 15) is 4.57 Å². The minimum Gasteiger partial charge on any atom is -0.381 e. The van der Waals surface area contributed by atoms with Crippen LogP contribution in [0.25, 0.3) is 0 Å². The molecule has 0 aromatic carbocycles. The molecule has 0 radical (unpaired) electrons. The number of aliphatic hydroxyl groups excluding tert-OH is 2. The fourth-order valence-corrected chi connectivity index (χ4v) is 2.52. The van der Waals surface area contributed by atoms with Gasteiger partial charge in [-0.25, -0.2) is 0 Å². The molecule has 0 saturated heterocycles. The van der Waals surface area contributed by atoms with Crippen LogP contribution in [-0.2, 0) is 9.09 Å². The van der Waals surface area contributed by atoms with Gasteiger partial charge in [-0.2, -0.15) is 9.34 Å². The molecule has 0 saturated carbocycles. The van der Waals surface area contributed by atoms with E-state index in [0.717, 1.165) is 9.34 Å². The molecule has 0 heterocycles. The highest BCUT2D eigenvalue weighted by Gasteiger charge is 2.33. The van der Waals surface area contributed by atoms with Crippen molar-refractivity contribution in [1.82, 2.24) is 9.34 Å². The van der Waals surface area contributed by atoms with Crippen LogP contribution in [0.15, 0.2) is 0 Å². The van der Waals surface area contributed by atoms with Gasteiger partial charge < -0.3 is 14.7 Å². The van der Waals surface area contributed by atoms with Gasteiger partial charge in [0.2, 0.25) is 0 Å². The molecule has 0 unspecified atom stereocenters. The number of aliphatic hydroxyl groups is 2. The van der Waals surface area contributed by atoms with Crippen molar-refractivity contribution >= 4 is 19.3 Å². The summed E-state index contributed by atoms with van der Waals surface area (Å²) in [6.07, 6.45) is 0. The van der Waals surface area contributed by atoms with E-state index in [1.807, 2.05) is 0 Å². The Balaban J connectivity index is 4.57. The quantitative estimate of drug-likeness (QED) is 0.377. The average Bonchev–Trinajstić information content (AvgIpc) is 2.23. The molecule has 0 atom stereocenters. The third-order valence-corrected chi connectivity index (χ3v) is 4.26. The first kappa shape index (κ1) is 14.3. The Morgan fingerprint density at radius 1 is 1.29 bits per heavy atom. The molecule has 0 amide bonds. The summed E-state index contributed by atoms with van der Waals surface area (Å²) in [5.41, 5.74) is 0. The van der Waals surface area contributed by atoms with Crippen LogP contribution in [0.3, 0.4) is 0 Å². The van der Waals surface area contributed by atoms with Crippen LogP contribution in [0.2, 0.25) is 0 Å². The molecule has 0 aliphatic heterocycles. The lowest BCUT2D eigenvalue weighted by atomic mass is 10.9. The van der Waals surface area contributed by atoms with Crippen molar-refractivity contribution in [2.45, 2.75) is 0 Å². The molecule has 0 fully saturated rings. The molecule has 0 aliphatic carbocycles. The summed E-state index contributed by atoms with van der Waals surface area (Å²) >= 11 is 5.40. The van der Waals surface area contributed by atoms with E-state index in [4.69, 9.17) is 26.3 Å². The van der Waals surface area contributed by atoms with Crippen molar-refractivity contribution in [2.75, 3.05) is 40.0 Å². The van der Waals surface area contributed by atoms with Gasteiger partial charge in [0.25, 0.3) is 0 Å². The van der Waals surface area contributed by atoms with Gasteiger partial charge >= 0.3 is 7.67 Å². The van der Waals surface area contributed by atoms with Crippen molar-refractivity contribution in [3.05, 3.63) is 0 Å². The minimum absolute atomic E-state index is 0.0908. The Labute approximate surface area is 88.6 Å². The molecule has 8 heteroatoms. The van der Waals surface area contributed by atoms with Crippen molar-refractivity contribution in [2.24, 2.45) is 0 Å². The zero-order valence-electron chi connectivity index (χ0n) is 8.26. The average molecular weight is 247 g/mol. The minimum atomic E-state index is -3.34. The third-order valence-electron chi connectivity index (χ3n) is 1.61. The highest BCUT2D eigenvalue weighted by Crippen LogP contribution is 2.51. The normalized spacial score (nSPS) is 12.8. The number of hydrogen-bond acceptors (Lipinski definition) is 4. The maximum Gasteiger partial charge on any atom is 0.349 e. The van der Waals surface area contributed by atoms with Gasteiger partial charge in [-0.05, 0) is 14.1 Å². The monoisotopic (exact) mass is 246 g/mol. The molecule has 0 rings (SSSR count). The van der Waals surface area contributed by atoms with Crippen LogP contribution in [-0.4, -0.2) is 59.6 Å². The number of halogens is 1. The first-order valence-electron chi connectivity index (χ1n) is 3.98. The Bertz CT molecular complexity index is 192. The van der Waals surface area contributed by atoms with Gasteiger partial charge in [-0.15, -0.1) is 11.6 Å². The second-order valence-electron chi connectivity index (χ2n) is 2.61. The predicted octanol–water partition coefficient (Wildman–Crippen LogP) is 0.113. The molecular formula is C6H16ClN2O4P. The van der Waals surface area contributed by atoms with Gasteiger partial charge in [-0.3, -0.25) is 4.57 Å². The zero-order valence-corrected chi connectivity index (χ0v) is 9.91. The fraction of sp³-hybridized carbons (Fsp3) is 1.00. The summed E-state index contributed by atoms with van der Waals surface area (Å²) in [5, 5.41) is 17.7. The van der Waals surface area contributed by atoms with Crippen LogP contribution in [0, 0.1) is 0 Å². The number of hydrogen-bond donors (Lipinski definition) is 2. The Morgan fingerprint density at radius 2 is 1.71 bits per heavy atom. The summed E-state index contributed by atoms with van der Waals surface area (Å²) in [6.45, 7) is -0.763. The lowest BCUT2D eigenvalue weighted by Gasteiger charge is -2.31. The number of nitrogens with zero attached hydrogens (tertiary/aromatic N) is 2. The molecule has 0 aliphatic rings. The summed E-state index contributed by atoms with van der Waals surface area (Å²) in [5.74, 6) is 0.197. The van der Waals surface area contributed by atoms with Crippen molar-refractivity contribution < 1.29 is 19.3 Å². The van der Waals surface area contributed by atoms with Crippen molar-refractivity contribution in [3.8, 4) is 0 Å². The zero-order chi connectivity index (χ0) is 11.2. The second-order valence-corrected chi connectivity index (χ2v) is 5.59. The molecule has 6 nitrogen and oxygen atoms in total. The van der Waals surface area contributed by atoms with Gasteiger partial charge in [0.1, 0.15) is 13.5 Å².